The summed E-state index contributed by atoms with van der Waals surface area (Å²) < 4.78 is 71.4. The number of amides is 2. The quantitative estimate of drug-likeness (QED) is 0.0495. The van der Waals surface area contributed by atoms with Crippen molar-refractivity contribution in [3.63, 3.8) is 0 Å². The zero-order chi connectivity index (χ0) is 42.3. The maximum Gasteiger partial charge on any atom is 0.333 e. The van der Waals surface area contributed by atoms with E-state index in [0.717, 1.165) is 28.3 Å². The number of rotatable bonds is 20. The molecule has 1 fully saturated rings. The SMILES string of the molecule is CC1(C)C(/C=C/C=C/C=C2/N(CCCCCC(=O)ON3C(=O)CCC3=O)c3cc(OCCCS(=O)(=O)O)ccc3C2(C)C)=[N+](CCCCS(=O)(=O)O)c2ccccc21. The zero-order valence-electron chi connectivity index (χ0n) is 33.6. The Morgan fingerprint density at radius 2 is 1.50 bits per heavy atom. The van der Waals surface area contributed by atoms with Crippen LogP contribution in [0.5, 0.6) is 5.75 Å². The minimum Gasteiger partial charge on any atom is -0.493 e. The van der Waals surface area contributed by atoms with E-state index in [4.69, 9.17) is 14.1 Å². The van der Waals surface area contributed by atoms with Crippen molar-refractivity contribution >= 4 is 55.1 Å². The number of fused-ring (bicyclic) bond motifs is 2. The van der Waals surface area contributed by atoms with Gasteiger partial charge in [-0.3, -0.25) is 18.7 Å². The Balaban J connectivity index is 1.33. The molecule has 14 nitrogen and oxygen atoms in total. The van der Waals surface area contributed by atoms with Gasteiger partial charge in [-0.25, -0.2) is 4.79 Å². The fourth-order valence-electron chi connectivity index (χ4n) is 7.74. The number of hydroxylamine groups is 2. The lowest BCUT2D eigenvalue weighted by molar-refractivity contribution is -0.438. The lowest BCUT2D eigenvalue weighted by atomic mass is 9.81. The Labute approximate surface area is 341 Å². The highest BCUT2D eigenvalue weighted by molar-refractivity contribution is 7.86. The van der Waals surface area contributed by atoms with Crippen LogP contribution >= 0.6 is 0 Å². The standard InChI is InChI=1S/C42H53N3O11S2/c1-41(2)32-16-10-11-17-34(32)43(26-13-14-28-57(49,50)51)36(41)18-7-5-8-19-37-42(3,4)33-22-21-31(55-27-15-29-58(52,53)54)30-35(33)44(37)25-12-6-9-20-40(48)56-45-38(46)23-24-39(45)47/h5,7-8,10-11,16-19,21-22,30H,6,9,12-15,20,23-29H2,1-4H3,(H-,49,50,51,52,53,54)/p+1. The van der Waals surface area contributed by atoms with Crippen LogP contribution in [-0.4, -0.2) is 90.3 Å². The molecule has 2 aromatic rings. The van der Waals surface area contributed by atoms with Crippen LogP contribution in [0.4, 0.5) is 11.4 Å². The van der Waals surface area contributed by atoms with E-state index in [1.807, 2.05) is 48.6 Å². The van der Waals surface area contributed by atoms with Crippen LogP contribution in [0.25, 0.3) is 0 Å². The summed E-state index contributed by atoms with van der Waals surface area (Å²) in [5.41, 5.74) is 5.64. The molecule has 0 radical (unpaired) electrons. The number of nitrogens with zero attached hydrogens (tertiary/aromatic N) is 3. The zero-order valence-corrected chi connectivity index (χ0v) is 35.2. The maximum absolute atomic E-state index is 12.4. The molecule has 1 saturated heterocycles. The number of para-hydroxylation sites is 1. The van der Waals surface area contributed by atoms with Crippen molar-refractivity contribution in [2.75, 3.05) is 36.1 Å². The van der Waals surface area contributed by atoms with Gasteiger partial charge in [0.25, 0.3) is 32.1 Å². The molecule has 314 valence electrons. The van der Waals surface area contributed by atoms with Crippen molar-refractivity contribution in [1.29, 1.82) is 0 Å². The summed E-state index contributed by atoms with van der Waals surface area (Å²) in [7, 11) is -8.13. The topological polar surface area (TPSA) is 188 Å². The summed E-state index contributed by atoms with van der Waals surface area (Å²) >= 11 is 0. The van der Waals surface area contributed by atoms with Gasteiger partial charge in [-0.15, -0.1) is 5.06 Å². The first-order valence-electron chi connectivity index (χ1n) is 19.6. The number of hydrogen-bond acceptors (Lipinski definition) is 10. The third kappa shape index (κ3) is 11.1. The number of carbonyl (C=O) groups is 3. The summed E-state index contributed by atoms with van der Waals surface area (Å²) in [5.74, 6) is -1.78. The van der Waals surface area contributed by atoms with Crippen molar-refractivity contribution in [3.05, 3.63) is 89.7 Å². The highest BCUT2D eigenvalue weighted by Crippen LogP contribution is 2.49. The molecule has 0 unspecified atom stereocenters. The predicted molar refractivity (Wildman–Crippen MR) is 220 cm³/mol. The van der Waals surface area contributed by atoms with E-state index in [-0.39, 0.29) is 43.5 Å². The van der Waals surface area contributed by atoms with E-state index in [0.29, 0.717) is 56.0 Å². The highest BCUT2D eigenvalue weighted by Gasteiger charge is 2.44. The van der Waals surface area contributed by atoms with E-state index >= 15 is 0 Å². The van der Waals surface area contributed by atoms with Crippen molar-refractivity contribution in [3.8, 4) is 5.75 Å². The molecule has 0 aliphatic carbocycles. The van der Waals surface area contributed by atoms with Gasteiger partial charge in [-0.05, 0) is 57.2 Å². The normalized spacial score (nSPS) is 18.3. The first-order valence-corrected chi connectivity index (χ1v) is 22.8. The Kier molecular flexibility index (Phi) is 14.2. The molecule has 0 spiro atoms. The van der Waals surface area contributed by atoms with E-state index in [9.17, 15) is 35.8 Å². The fourth-order valence-corrected chi connectivity index (χ4v) is 8.80. The fraction of sp³-hybridized carbons (Fsp3) is 0.476. The van der Waals surface area contributed by atoms with E-state index < -0.39 is 49.2 Å². The molecule has 3 aliphatic heterocycles. The van der Waals surface area contributed by atoms with Gasteiger partial charge >= 0.3 is 5.97 Å². The van der Waals surface area contributed by atoms with Crippen LogP contribution < -0.4 is 9.64 Å². The first kappa shape index (κ1) is 44.5. The molecule has 2 aromatic carbocycles. The summed E-state index contributed by atoms with van der Waals surface area (Å²) in [6.07, 6.45) is 13.2. The van der Waals surface area contributed by atoms with Gasteiger partial charge < -0.3 is 14.5 Å². The largest absolute Gasteiger partial charge is 0.493 e. The van der Waals surface area contributed by atoms with Gasteiger partial charge in [0.15, 0.2) is 5.71 Å². The molecule has 2 amide bonds. The van der Waals surface area contributed by atoms with Crippen molar-refractivity contribution < 1.29 is 54.5 Å². The third-order valence-electron chi connectivity index (χ3n) is 10.7. The predicted octanol–water partition coefficient (Wildman–Crippen LogP) is 6.35. The minimum atomic E-state index is -4.10. The molecular formula is C42H54N3O11S2+. The molecule has 58 heavy (non-hydrogen) atoms. The monoisotopic (exact) mass is 840 g/mol. The molecule has 0 aromatic heterocycles. The number of unbranched alkanes of at least 4 members (excludes halogenated alkanes) is 3. The van der Waals surface area contributed by atoms with Crippen molar-refractivity contribution in [2.24, 2.45) is 0 Å². The molecule has 3 aliphatic rings. The molecule has 0 saturated carbocycles. The first-order chi connectivity index (χ1) is 27.3. The maximum atomic E-state index is 12.4. The Hall–Kier alpha value is -4.64. The van der Waals surface area contributed by atoms with Crippen molar-refractivity contribution in [1.82, 2.24) is 5.06 Å². The number of hydrogen-bond donors (Lipinski definition) is 2. The second-order valence-electron chi connectivity index (χ2n) is 15.8. The molecule has 0 atom stereocenters. The summed E-state index contributed by atoms with van der Waals surface area (Å²) in [6.45, 7) is 9.90. The second-order valence-corrected chi connectivity index (χ2v) is 18.9. The third-order valence-corrected chi connectivity index (χ3v) is 12.3. The average Bonchev–Trinajstić information content (AvgIpc) is 3.65. The molecule has 5 rings (SSSR count). The summed E-state index contributed by atoms with van der Waals surface area (Å²) in [5, 5.41) is 0.563. The van der Waals surface area contributed by atoms with Gasteiger partial charge in [-0.1, -0.05) is 62.8 Å². The lowest BCUT2D eigenvalue weighted by Gasteiger charge is -2.27. The number of ether oxygens (including phenoxy) is 1. The van der Waals surface area contributed by atoms with Gasteiger partial charge in [0.05, 0.1) is 23.5 Å². The second kappa shape index (κ2) is 18.5. The number of benzene rings is 2. The number of allylic oxidation sites excluding steroid dienone is 6. The molecule has 2 N–H and O–H groups in total. The molecule has 16 heteroatoms. The van der Waals surface area contributed by atoms with E-state index in [2.05, 4.69) is 61.5 Å². The molecule has 0 bridgehead atoms. The van der Waals surface area contributed by atoms with Gasteiger partial charge in [0, 0.05) is 72.8 Å². The van der Waals surface area contributed by atoms with E-state index in [1.54, 1.807) is 0 Å². The smallest absolute Gasteiger partial charge is 0.333 e. The number of anilines is 1. The van der Waals surface area contributed by atoms with Crippen LogP contribution in [0.3, 0.4) is 0 Å². The van der Waals surface area contributed by atoms with Crippen molar-refractivity contribution in [2.45, 2.75) is 96.3 Å². The number of imide groups is 1. The van der Waals surface area contributed by atoms with Crippen LogP contribution in [0.2, 0.25) is 0 Å². The molecular weight excluding hydrogens is 787 g/mol. The number of carbonyl (C=O) groups excluding carboxylic acids is 3. The molecule has 3 heterocycles. The minimum absolute atomic E-state index is 0.0352. The van der Waals surface area contributed by atoms with Gasteiger partial charge in [0.2, 0.25) is 5.69 Å². The van der Waals surface area contributed by atoms with Crippen LogP contribution in [0, 0.1) is 0 Å². The summed E-state index contributed by atoms with van der Waals surface area (Å²) in [4.78, 5) is 43.3. The Morgan fingerprint density at radius 1 is 0.810 bits per heavy atom. The lowest BCUT2D eigenvalue weighted by Crippen LogP contribution is -2.32. The van der Waals surface area contributed by atoms with E-state index in [1.165, 1.54) is 5.56 Å². The van der Waals surface area contributed by atoms with Crippen LogP contribution in [-0.2, 0) is 50.3 Å². The van der Waals surface area contributed by atoms with Gasteiger partial charge in [0.1, 0.15) is 12.3 Å². The summed E-state index contributed by atoms with van der Waals surface area (Å²) in [6, 6.07) is 14.0. The van der Waals surface area contributed by atoms with Crippen LogP contribution in [0.1, 0.15) is 96.6 Å². The highest BCUT2D eigenvalue weighted by atomic mass is 32.2. The Morgan fingerprint density at radius 3 is 2.21 bits per heavy atom. The Bertz CT molecular complexity index is 2220. The van der Waals surface area contributed by atoms with Gasteiger partial charge in [-0.2, -0.15) is 21.4 Å². The van der Waals surface area contributed by atoms with Crippen LogP contribution in [0.15, 0.2) is 78.5 Å². The average molecular weight is 841 g/mol.